The number of fused-ring (bicyclic) bond motifs is 1. The molecular weight excluding hydrogens is 196 g/mol. The molecule has 2 nitrogen and oxygen atoms in total. The summed E-state index contributed by atoms with van der Waals surface area (Å²) in [6.07, 6.45) is 0. The third-order valence-corrected chi connectivity index (χ3v) is 2.76. The minimum absolute atomic E-state index is 0.429. The van der Waals surface area contributed by atoms with Gasteiger partial charge in [-0.15, -0.1) is 0 Å². The zero-order valence-corrected chi connectivity index (χ0v) is 9.78. The first-order valence-corrected chi connectivity index (χ1v) is 5.43. The molecule has 0 N–H and O–H groups in total. The molecule has 0 amide bonds. The van der Waals surface area contributed by atoms with Crippen molar-refractivity contribution in [2.75, 3.05) is 0 Å². The lowest BCUT2D eigenvalue weighted by molar-refractivity contribution is 0.828. The minimum Gasteiger partial charge on any atom is -0.253 e. The Labute approximate surface area is 95.6 Å². The summed E-state index contributed by atoms with van der Waals surface area (Å²) in [5.74, 6) is 0.429. The number of hydrogen-bond acceptors (Lipinski definition) is 2. The highest BCUT2D eigenvalue weighted by molar-refractivity contribution is 5.83. The van der Waals surface area contributed by atoms with Gasteiger partial charge in [-0.1, -0.05) is 13.8 Å². The van der Waals surface area contributed by atoms with Gasteiger partial charge >= 0.3 is 0 Å². The number of pyridine rings is 1. The van der Waals surface area contributed by atoms with Crippen molar-refractivity contribution in [1.29, 1.82) is 5.26 Å². The third kappa shape index (κ3) is 1.77. The van der Waals surface area contributed by atoms with Crippen molar-refractivity contribution >= 4 is 10.9 Å². The van der Waals surface area contributed by atoms with Gasteiger partial charge in [0.15, 0.2) is 0 Å². The van der Waals surface area contributed by atoms with E-state index in [0.717, 1.165) is 16.6 Å². The topological polar surface area (TPSA) is 36.7 Å². The first-order chi connectivity index (χ1) is 7.61. The van der Waals surface area contributed by atoms with Crippen LogP contribution in [0.25, 0.3) is 10.9 Å². The molecule has 0 aliphatic rings. The molecule has 0 aliphatic heterocycles. The van der Waals surface area contributed by atoms with Crippen molar-refractivity contribution in [1.82, 2.24) is 4.98 Å². The van der Waals surface area contributed by atoms with Gasteiger partial charge in [-0.3, -0.25) is 4.98 Å². The van der Waals surface area contributed by atoms with Gasteiger partial charge in [-0.25, -0.2) is 0 Å². The molecule has 0 unspecified atom stereocenters. The van der Waals surface area contributed by atoms with Crippen molar-refractivity contribution in [3.63, 3.8) is 0 Å². The molecule has 80 valence electrons. The molecule has 0 spiro atoms. The highest BCUT2D eigenvalue weighted by Gasteiger charge is 2.06. The predicted octanol–water partition coefficient (Wildman–Crippen LogP) is 3.54. The summed E-state index contributed by atoms with van der Waals surface area (Å²) in [7, 11) is 0. The first-order valence-electron chi connectivity index (χ1n) is 5.43. The van der Waals surface area contributed by atoms with Crippen molar-refractivity contribution in [2.45, 2.75) is 26.7 Å². The smallest absolute Gasteiger partial charge is 0.0991 e. The number of hydrogen-bond donors (Lipinski definition) is 0. The molecule has 1 aromatic heterocycles. The maximum absolute atomic E-state index is 8.86. The van der Waals surface area contributed by atoms with Gasteiger partial charge in [0.2, 0.25) is 0 Å². The van der Waals surface area contributed by atoms with Gasteiger partial charge in [0.05, 0.1) is 17.1 Å². The van der Waals surface area contributed by atoms with Crippen LogP contribution < -0.4 is 0 Å². The normalized spacial score (nSPS) is 10.7. The van der Waals surface area contributed by atoms with Gasteiger partial charge < -0.3 is 0 Å². The molecule has 0 fully saturated rings. The van der Waals surface area contributed by atoms with E-state index in [-0.39, 0.29) is 0 Å². The van der Waals surface area contributed by atoms with Gasteiger partial charge in [-0.05, 0) is 42.7 Å². The zero-order chi connectivity index (χ0) is 11.7. The minimum atomic E-state index is 0.429. The van der Waals surface area contributed by atoms with E-state index in [1.54, 1.807) is 0 Å². The lowest BCUT2D eigenvalue weighted by Crippen LogP contribution is -1.95. The number of aryl methyl sites for hydroxylation is 1. The Morgan fingerprint density at radius 1 is 1.25 bits per heavy atom. The fourth-order valence-corrected chi connectivity index (χ4v) is 1.79. The summed E-state index contributed by atoms with van der Waals surface area (Å²) >= 11 is 0. The summed E-state index contributed by atoms with van der Waals surface area (Å²) in [5.41, 5.74) is 3.96. The third-order valence-electron chi connectivity index (χ3n) is 2.76. The van der Waals surface area contributed by atoms with Gasteiger partial charge in [0.1, 0.15) is 0 Å². The van der Waals surface area contributed by atoms with Crippen LogP contribution in [0.15, 0.2) is 24.3 Å². The van der Waals surface area contributed by atoms with Crippen LogP contribution in [0.2, 0.25) is 0 Å². The highest BCUT2D eigenvalue weighted by Crippen LogP contribution is 2.22. The molecule has 2 aromatic rings. The van der Waals surface area contributed by atoms with Crippen LogP contribution in [-0.4, -0.2) is 4.98 Å². The molecule has 0 atom stereocenters. The Balaban J connectivity index is 2.72. The Morgan fingerprint density at radius 2 is 2.00 bits per heavy atom. The summed E-state index contributed by atoms with van der Waals surface area (Å²) in [6.45, 7) is 6.34. The molecule has 0 saturated carbocycles. The van der Waals surface area contributed by atoms with E-state index in [4.69, 9.17) is 5.26 Å². The molecule has 0 saturated heterocycles. The van der Waals surface area contributed by atoms with Crippen molar-refractivity contribution in [3.8, 4) is 6.07 Å². The first kappa shape index (κ1) is 10.6. The number of nitrogens with zero attached hydrogens (tertiary/aromatic N) is 2. The number of benzene rings is 1. The van der Waals surface area contributed by atoms with E-state index in [1.807, 2.05) is 18.2 Å². The van der Waals surface area contributed by atoms with Crippen LogP contribution in [0.5, 0.6) is 0 Å². The van der Waals surface area contributed by atoms with Crippen LogP contribution in [0.4, 0.5) is 0 Å². The molecule has 1 heterocycles. The fraction of sp³-hybridized carbons (Fsp3) is 0.286. The Hall–Kier alpha value is -1.88. The second kappa shape index (κ2) is 3.94. The maximum atomic E-state index is 8.86. The summed E-state index contributed by atoms with van der Waals surface area (Å²) in [6, 6.07) is 9.91. The van der Waals surface area contributed by atoms with Gasteiger partial charge in [0.25, 0.3) is 0 Å². The van der Waals surface area contributed by atoms with Crippen molar-refractivity contribution in [3.05, 3.63) is 41.1 Å². The molecular formula is C14H14N2. The Morgan fingerprint density at radius 3 is 2.62 bits per heavy atom. The quantitative estimate of drug-likeness (QED) is 0.721. The zero-order valence-electron chi connectivity index (χ0n) is 9.78. The molecule has 0 bridgehead atoms. The van der Waals surface area contributed by atoms with Gasteiger partial charge in [0, 0.05) is 11.1 Å². The van der Waals surface area contributed by atoms with Crippen LogP contribution in [0.3, 0.4) is 0 Å². The second-order valence-electron chi connectivity index (χ2n) is 4.36. The monoisotopic (exact) mass is 210 g/mol. The standard InChI is InChI=1S/C14H14N2/c1-9(2)14-6-10(3)12-7-11(8-15)4-5-13(12)16-14/h4-7,9H,1-3H3. The van der Waals surface area contributed by atoms with E-state index in [9.17, 15) is 0 Å². The lowest BCUT2D eigenvalue weighted by atomic mass is 10.0. The average Bonchev–Trinajstić information content (AvgIpc) is 2.28. The molecule has 2 rings (SSSR count). The lowest BCUT2D eigenvalue weighted by Gasteiger charge is -2.09. The van der Waals surface area contributed by atoms with E-state index >= 15 is 0 Å². The summed E-state index contributed by atoms with van der Waals surface area (Å²) in [5, 5.41) is 9.93. The molecule has 1 aromatic carbocycles. The van der Waals surface area contributed by atoms with Gasteiger partial charge in [-0.2, -0.15) is 5.26 Å². The predicted molar refractivity (Wildman–Crippen MR) is 65.3 cm³/mol. The Kier molecular flexibility index (Phi) is 2.62. The highest BCUT2D eigenvalue weighted by atomic mass is 14.7. The second-order valence-corrected chi connectivity index (χ2v) is 4.36. The average molecular weight is 210 g/mol. The van der Waals surface area contributed by atoms with Crippen LogP contribution in [0, 0.1) is 18.3 Å². The fourth-order valence-electron chi connectivity index (χ4n) is 1.79. The summed E-state index contributed by atoms with van der Waals surface area (Å²) < 4.78 is 0. The molecule has 2 heteroatoms. The van der Waals surface area contributed by atoms with Crippen LogP contribution in [-0.2, 0) is 0 Å². The number of aromatic nitrogens is 1. The van der Waals surface area contributed by atoms with Crippen LogP contribution >= 0.6 is 0 Å². The number of rotatable bonds is 1. The van der Waals surface area contributed by atoms with Crippen molar-refractivity contribution < 1.29 is 0 Å². The van der Waals surface area contributed by atoms with E-state index < -0.39 is 0 Å². The molecule has 0 radical (unpaired) electrons. The van der Waals surface area contributed by atoms with E-state index in [2.05, 4.69) is 37.9 Å². The largest absolute Gasteiger partial charge is 0.253 e. The van der Waals surface area contributed by atoms with Crippen molar-refractivity contribution in [2.24, 2.45) is 0 Å². The molecule has 0 aliphatic carbocycles. The van der Waals surface area contributed by atoms with E-state index in [1.165, 1.54) is 5.56 Å². The summed E-state index contributed by atoms with van der Waals surface area (Å²) in [4.78, 5) is 4.60. The molecule has 16 heavy (non-hydrogen) atoms. The Bertz CT molecular complexity index is 577. The number of nitriles is 1. The SMILES string of the molecule is Cc1cc(C(C)C)nc2ccc(C#N)cc12. The maximum Gasteiger partial charge on any atom is 0.0991 e. The van der Waals surface area contributed by atoms with E-state index in [0.29, 0.717) is 11.5 Å². The van der Waals surface area contributed by atoms with Crippen LogP contribution in [0.1, 0.15) is 36.6 Å².